The van der Waals surface area contributed by atoms with E-state index >= 15 is 0 Å². The minimum Gasteiger partial charge on any atom is -0.481 e. The number of alkyl halides is 9. The van der Waals surface area contributed by atoms with Crippen LogP contribution in [-0.2, 0) is 55.9 Å². The molecule has 0 saturated heterocycles. The van der Waals surface area contributed by atoms with Crippen LogP contribution in [0.2, 0.25) is 0 Å². The summed E-state index contributed by atoms with van der Waals surface area (Å²) in [5.41, 5.74) is -6.64. The second-order valence-electron chi connectivity index (χ2n) is 23.9. The number of hydrogen-bond donors (Lipinski definition) is 5. The number of aliphatic hydroxyl groups excluding tert-OH is 1. The molecule has 88 heavy (non-hydrogen) atoms. The summed E-state index contributed by atoms with van der Waals surface area (Å²) in [4.78, 5) is 93.5. The third-order valence-electron chi connectivity index (χ3n) is 9.60. The molecule has 4 rings (SSSR count). The quantitative estimate of drug-likeness (QED) is 0.0871. The zero-order valence-corrected chi connectivity index (χ0v) is 52.9. The van der Waals surface area contributed by atoms with Gasteiger partial charge in [-0.15, -0.1) is 5.10 Å². The minimum absolute atomic E-state index is 0.00989. The van der Waals surface area contributed by atoms with Gasteiger partial charge < -0.3 is 33.9 Å². The van der Waals surface area contributed by atoms with E-state index in [0.717, 1.165) is 50.9 Å². The van der Waals surface area contributed by atoms with Gasteiger partial charge in [0, 0.05) is 42.3 Å². The van der Waals surface area contributed by atoms with Crippen LogP contribution in [0.15, 0.2) is 41.7 Å². The van der Waals surface area contributed by atoms with Crippen molar-refractivity contribution in [1.82, 2.24) is 40.0 Å². The van der Waals surface area contributed by atoms with E-state index < -0.39 is 89.4 Å². The van der Waals surface area contributed by atoms with Gasteiger partial charge in [-0.05, 0) is 122 Å². The van der Waals surface area contributed by atoms with Gasteiger partial charge in [-0.1, -0.05) is 34.6 Å². The summed E-state index contributed by atoms with van der Waals surface area (Å²) in [5.74, 6) is -0.271. The van der Waals surface area contributed by atoms with Crippen LogP contribution in [0.25, 0.3) is 0 Å². The van der Waals surface area contributed by atoms with E-state index in [1.165, 1.54) is 36.9 Å². The van der Waals surface area contributed by atoms with Crippen molar-refractivity contribution in [3.05, 3.63) is 58.4 Å². The van der Waals surface area contributed by atoms with Crippen molar-refractivity contribution in [2.75, 3.05) is 26.4 Å². The molecule has 0 atom stereocenters. The third-order valence-corrected chi connectivity index (χ3v) is 9.60. The molecular weight excluding hydrogens is 1200 g/mol. The Balaban J connectivity index is -0.000000316. The van der Waals surface area contributed by atoms with Gasteiger partial charge in [0.1, 0.15) is 31.0 Å². The van der Waals surface area contributed by atoms with Crippen LogP contribution in [0.1, 0.15) is 150 Å². The monoisotopic (exact) mass is 1290 g/mol. The largest absolute Gasteiger partial charge is 0.481 e. The fraction of sp³-hybridized carbons (Fsp3) is 0.667. The Morgan fingerprint density at radius 1 is 0.545 bits per heavy atom. The Bertz CT molecular complexity index is 2670. The molecular formula is C54H83F9N8O17. The number of ether oxygens (including phenoxy) is 5. The summed E-state index contributed by atoms with van der Waals surface area (Å²) in [6.45, 7) is 30.3. The number of carbonyl (C=O) groups is 3. The average Bonchev–Trinajstić information content (AvgIpc) is 4.38. The number of aliphatic carboxylic acids is 1. The number of nitrogens with one attached hydrogen (secondary N) is 3. The normalized spacial score (nSPS) is 11.5. The molecule has 0 aromatic carbocycles. The summed E-state index contributed by atoms with van der Waals surface area (Å²) in [5, 5.41) is 34.9. The highest BCUT2D eigenvalue weighted by atomic mass is 19.4. The van der Waals surface area contributed by atoms with Crippen molar-refractivity contribution in [1.29, 1.82) is 0 Å². The van der Waals surface area contributed by atoms with Crippen molar-refractivity contribution >= 4 is 36.6 Å². The first-order valence-corrected chi connectivity index (χ1v) is 25.8. The van der Waals surface area contributed by atoms with Crippen LogP contribution in [0, 0.1) is 27.1 Å². The maximum Gasteiger partial charge on any atom is 0.435 e. The number of aromatic nitrogens is 8. The van der Waals surface area contributed by atoms with Crippen LogP contribution < -0.4 is 19.8 Å². The van der Waals surface area contributed by atoms with Crippen LogP contribution >= 0.6 is 0 Å². The van der Waals surface area contributed by atoms with Gasteiger partial charge in [0.15, 0.2) is 0 Å². The van der Waals surface area contributed by atoms with E-state index in [4.69, 9.17) is 62.7 Å². The smallest absolute Gasteiger partial charge is 0.435 e. The summed E-state index contributed by atoms with van der Waals surface area (Å²) >= 11 is 0. The van der Waals surface area contributed by atoms with Crippen molar-refractivity contribution in [3.8, 4) is 17.6 Å². The Morgan fingerprint density at radius 3 is 1.09 bits per heavy atom. The molecule has 0 fully saturated rings. The molecule has 0 saturated carbocycles. The van der Waals surface area contributed by atoms with Crippen molar-refractivity contribution in [2.45, 2.75) is 181 Å². The summed E-state index contributed by atoms with van der Waals surface area (Å²) in [6.07, 6.45) is -6.72. The molecule has 0 aliphatic carbocycles. The first kappa shape index (κ1) is 88.7. The zero-order valence-electron chi connectivity index (χ0n) is 52.9. The van der Waals surface area contributed by atoms with Crippen LogP contribution in [0.3, 0.4) is 0 Å². The number of carbonyl (C=O) groups excluding carboxylic acids is 8. The van der Waals surface area contributed by atoms with Crippen molar-refractivity contribution in [3.63, 3.8) is 0 Å². The van der Waals surface area contributed by atoms with Crippen molar-refractivity contribution in [2.24, 2.45) is 27.1 Å². The molecule has 0 aliphatic heterocycles. The van der Waals surface area contributed by atoms with Crippen LogP contribution in [-0.4, -0.2) is 143 Å². The molecule has 25 nitrogen and oxygen atoms in total. The summed E-state index contributed by atoms with van der Waals surface area (Å²) in [7, 11) is 0. The molecule has 0 spiro atoms. The molecule has 0 radical (unpaired) electrons. The van der Waals surface area contributed by atoms with E-state index in [0.29, 0.717) is 24.0 Å². The number of carboxylic acid groups (broad SMARTS) is 1. The fourth-order valence-electron chi connectivity index (χ4n) is 3.91. The molecule has 0 aliphatic rings. The third kappa shape index (κ3) is 41.1. The number of rotatable bonds is 11. The number of aryl methyl sites for hydroxylation is 2. The highest BCUT2D eigenvalue weighted by molar-refractivity contribution is 5.73. The van der Waals surface area contributed by atoms with Gasteiger partial charge in [0.05, 0.1) is 34.1 Å². The topological polar surface area (TPSA) is 353 Å². The van der Waals surface area contributed by atoms with E-state index in [1.807, 2.05) is 27.7 Å². The first-order valence-electron chi connectivity index (χ1n) is 25.8. The molecule has 4 aromatic heterocycles. The average molecular weight is 1290 g/mol. The van der Waals surface area contributed by atoms with E-state index in [9.17, 15) is 58.7 Å². The molecule has 4 aromatic rings. The van der Waals surface area contributed by atoms with Gasteiger partial charge in [0.25, 0.3) is 5.56 Å². The number of halogens is 9. The van der Waals surface area contributed by atoms with Gasteiger partial charge in [-0.25, -0.2) is 19.8 Å². The lowest BCUT2D eigenvalue weighted by Crippen LogP contribution is -2.37. The van der Waals surface area contributed by atoms with Crippen LogP contribution in [0.5, 0.6) is 17.6 Å². The molecule has 0 bridgehead atoms. The lowest BCUT2D eigenvalue weighted by atomic mass is 9.94. The molecule has 5 N–H and O–H groups in total. The first-order chi connectivity index (χ1) is 39.5. The molecule has 4 heterocycles. The van der Waals surface area contributed by atoms with E-state index in [-0.39, 0.29) is 53.7 Å². The summed E-state index contributed by atoms with van der Waals surface area (Å²) < 4.78 is 140. The molecule has 504 valence electrons. The predicted octanol–water partition coefficient (Wildman–Crippen LogP) is 10.9. The fourth-order valence-corrected chi connectivity index (χ4v) is 3.91. The van der Waals surface area contributed by atoms with Gasteiger partial charge >= 0.3 is 55.1 Å². The zero-order chi connectivity index (χ0) is 70.7. The number of aliphatic hydroxyl groups is 1. The van der Waals surface area contributed by atoms with E-state index in [1.54, 1.807) is 69.2 Å². The Labute approximate surface area is 502 Å². The standard InChI is InChI=1S/C15H23F3N2O3.C10H16N2O3.2C8H11F3N2O.C5H10O2.C5H12O.3CO2/c1-7-10-8-20(12(21)23-13(2,3)4)19-11(10)22-9-14(5,6)15(16,17)18;1-5-7-6-12(11-8(7)13)9(14)15-10(2,3)4;2*1-7(2,8(9,10)11)5-14-6-3-4-12-13-6;1-5(2,3)4(6)7;1-5(2,3)4-6;3*2-1-3/h8H,7,9H2,1-6H3;6H,5H2,1-4H3,(H,11,13);2*3-4H,5H2,1-2H3,(H,12,13);1-3H3,(H,6,7);6H,4H2,1-3H3;;;. The number of aromatic amines is 3. The lowest BCUT2D eigenvalue weighted by molar-refractivity contribution is -0.220. The van der Waals surface area contributed by atoms with Gasteiger partial charge in [-0.3, -0.25) is 14.7 Å². The number of hydrogen-bond acceptors (Lipinski definition) is 19. The van der Waals surface area contributed by atoms with Crippen LogP contribution in [0.4, 0.5) is 49.1 Å². The number of carboxylic acids is 1. The molecule has 0 amide bonds. The number of nitrogens with zero attached hydrogens (tertiary/aromatic N) is 5. The predicted molar refractivity (Wildman–Crippen MR) is 291 cm³/mol. The molecule has 0 unspecified atom stereocenters. The SMILES string of the molecule is CC(C)(C)C(=O)O.CC(C)(C)CO.CC(C)(COc1ccn[nH]1)C(F)(F)F.CC(C)(COc1ccn[nH]1)C(F)(F)F.CCc1cn(C(=O)OC(C)(C)C)[nH]c1=O.CCc1cn(C(=O)OC(C)(C)C)nc1OCC(C)(C)C(F)(F)F.O=C=O.O=C=O.O=C=O. The minimum atomic E-state index is -4.40. The second-order valence-corrected chi connectivity index (χ2v) is 23.9. The second kappa shape index (κ2) is 38.9. The van der Waals surface area contributed by atoms with Gasteiger partial charge in [0.2, 0.25) is 17.6 Å². The lowest BCUT2D eigenvalue weighted by Gasteiger charge is -2.27. The Morgan fingerprint density at radius 2 is 0.852 bits per heavy atom. The number of H-pyrrole nitrogens is 3. The van der Waals surface area contributed by atoms with Crippen molar-refractivity contribution < 1.29 is 117 Å². The van der Waals surface area contributed by atoms with Gasteiger partial charge in [-0.2, -0.15) is 87.8 Å². The Kier molecular flexibility index (Phi) is 39.2. The highest BCUT2D eigenvalue weighted by Crippen LogP contribution is 2.40. The highest BCUT2D eigenvalue weighted by Gasteiger charge is 2.50. The van der Waals surface area contributed by atoms with E-state index in [2.05, 4.69) is 30.6 Å². The molecule has 34 heteroatoms. The Hall–Kier alpha value is -8.08. The maximum atomic E-state index is 12.9. The summed E-state index contributed by atoms with van der Waals surface area (Å²) in [6, 6.07) is 2.93. The maximum absolute atomic E-state index is 12.9.